The molecule has 3 heteroatoms. The van der Waals surface area contributed by atoms with Crippen LogP contribution in [0, 0.1) is 5.82 Å². The molecule has 1 aliphatic heterocycles. The van der Waals surface area contributed by atoms with E-state index < -0.39 is 0 Å². The number of furan rings is 1. The largest absolute Gasteiger partial charge is 0.460 e. The molecular formula is C15H18FNO. The Morgan fingerprint density at radius 2 is 1.89 bits per heavy atom. The van der Waals surface area contributed by atoms with Crippen molar-refractivity contribution in [2.45, 2.75) is 32.2 Å². The van der Waals surface area contributed by atoms with E-state index in [0.29, 0.717) is 11.0 Å². The molecule has 1 saturated heterocycles. The Morgan fingerprint density at radius 3 is 2.61 bits per heavy atom. The van der Waals surface area contributed by atoms with Gasteiger partial charge in [0.1, 0.15) is 17.2 Å². The summed E-state index contributed by atoms with van der Waals surface area (Å²) in [6.07, 6.45) is 5.17. The van der Waals surface area contributed by atoms with Crippen LogP contribution in [0.5, 0.6) is 0 Å². The van der Waals surface area contributed by atoms with Crippen LogP contribution in [-0.2, 0) is 6.54 Å². The Hall–Kier alpha value is -1.35. The second kappa shape index (κ2) is 5.11. The van der Waals surface area contributed by atoms with Crippen LogP contribution in [0.3, 0.4) is 0 Å². The van der Waals surface area contributed by atoms with Gasteiger partial charge in [-0.2, -0.15) is 0 Å². The van der Waals surface area contributed by atoms with Gasteiger partial charge in [0.15, 0.2) is 0 Å². The summed E-state index contributed by atoms with van der Waals surface area (Å²) in [6.45, 7) is 3.05. The van der Waals surface area contributed by atoms with E-state index in [1.807, 2.05) is 12.1 Å². The quantitative estimate of drug-likeness (QED) is 0.799. The standard InChI is InChI=1S/C15H18FNO/c16-14-6-5-7-15-13(14)10-12(18-15)11-17-8-3-1-2-4-9-17/h5-7,10H,1-4,8-9,11H2. The number of benzene rings is 1. The third kappa shape index (κ3) is 2.41. The molecule has 0 spiro atoms. The van der Waals surface area contributed by atoms with E-state index in [-0.39, 0.29) is 5.82 Å². The van der Waals surface area contributed by atoms with Gasteiger partial charge in [0, 0.05) is 0 Å². The van der Waals surface area contributed by atoms with E-state index in [9.17, 15) is 4.39 Å². The van der Waals surface area contributed by atoms with Gasteiger partial charge in [0.2, 0.25) is 0 Å². The molecule has 2 heterocycles. The van der Waals surface area contributed by atoms with Crippen LogP contribution in [-0.4, -0.2) is 18.0 Å². The Kier molecular flexibility index (Phi) is 3.33. The first-order valence-corrected chi connectivity index (χ1v) is 6.72. The van der Waals surface area contributed by atoms with E-state index >= 15 is 0 Å². The highest BCUT2D eigenvalue weighted by Crippen LogP contribution is 2.23. The topological polar surface area (TPSA) is 16.4 Å². The van der Waals surface area contributed by atoms with Crippen LogP contribution in [0.25, 0.3) is 11.0 Å². The fourth-order valence-electron chi connectivity index (χ4n) is 2.67. The monoisotopic (exact) mass is 247 g/mol. The van der Waals surface area contributed by atoms with Crippen LogP contribution in [0.4, 0.5) is 4.39 Å². The fraction of sp³-hybridized carbons (Fsp3) is 0.467. The maximum atomic E-state index is 13.6. The number of hydrogen-bond donors (Lipinski definition) is 0. The van der Waals surface area contributed by atoms with Gasteiger partial charge in [0.05, 0.1) is 11.9 Å². The molecule has 1 aliphatic rings. The van der Waals surface area contributed by atoms with Gasteiger partial charge >= 0.3 is 0 Å². The maximum absolute atomic E-state index is 13.6. The molecule has 0 amide bonds. The van der Waals surface area contributed by atoms with Crippen molar-refractivity contribution in [2.24, 2.45) is 0 Å². The van der Waals surface area contributed by atoms with Crippen LogP contribution in [0.2, 0.25) is 0 Å². The second-order valence-corrected chi connectivity index (χ2v) is 5.05. The second-order valence-electron chi connectivity index (χ2n) is 5.05. The molecule has 18 heavy (non-hydrogen) atoms. The predicted molar refractivity (Wildman–Crippen MR) is 69.9 cm³/mol. The number of nitrogens with zero attached hydrogens (tertiary/aromatic N) is 1. The molecule has 0 radical (unpaired) electrons. The molecule has 1 aromatic heterocycles. The van der Waals surface area contributed by atoms with Crippen molar-refractivity contribution in [3.63, 3.8) is 0 Å². The molecule has 1 fully saturated rings. The zero-order valence-electron chi connectivity index (χ0n) is 10.5. The Bertz CT molecular complexity index is 526. The summed E-state index contributed by atoms with van der Waals surface area (Å²) >= 11 is 0. The van der Waals surface area contributed by atoms with Crippen LogP contribution in [0.15, 0.2) is 28.7 Å². The van der Waals surface area contributed by atoms with Gasteiger partial charge in [0.25, 0.3) is 0 Å². The van der Waals surface area contributed by atoms with Gasteiger partial charge in [-0.15, -0.1) is 0 Å². The lowest BCUT2D eigenvalue weighted by atomic mass is 10.2. The molecule has 0 saturated carbocycles. The van der Waals surface area contributed by atoms with Crippen molar-refractivity contribution in [3.8, 4) is 0 Å². The van der Waals surface area contributed by atoms with E-state index in [2.05, 4.69) is 4.90 Å². The van der Waals surface area contributed by atoms with Crippen molar-refractivity contribution in [3.05, 3.63) is 35.8 Å². The molecule has 0 bridgehead atoms. The van der Waals surface area contributed by atoms with Gasteiger partial charge in [-0.3, -0.25) is 4.90 Å². The number of fused-ring (bicyclic) bond motifs is 1. The molecule has 1 aromatic carbocycles. The molecular weight excluding hydrogens is 229 g/mol. The van der Waals surface area contributed by atoms with Crippen molar-refractivity contribution in [2.75, 3.05) is 13.1 Å². The van der Waals surface area contributed by atoms with E-state index in [0.717, 1.165) is 25.4 Å². The lowest BCUT2D eigenvalue weighted by molar-refractivity contribution is 0.256. The SMILES string of the molecule is Fc1cccc2oc(CN3CCCCCC3)cc12. The summed E-state index contributed by atoms with van der Waals surface area (Å²) in [7, 11) is 0. The Morgan fingerprint density at radius 1 is 1.11 bits per heavy atom. The minimum absolute atomic E-state index is 0.196. The van der Waals surface area contributed by atoms with Gasteiger partial charge in [-0.1, -0.05) is 18.9 Å². The third-order valence-electron chi connectivity index (χ3n) is 3.64. The average molecular weight is 247 g/mol. The first-order valence-electron chi connectivity index (χ1n) is 6.72. The van der Waals surface area contributed by atoms with Crippen LogP contribution in [0.1, 0.15) is 31.4 Å². The zero-order valence-corrected chi connectivity index (χ0v) is 10.5. The molecule has 2 aromatic rings. The normalized spacial score (nSPS) is 18.1. The summed E-state index contributed by atoms with van der Waals surface area (Å²) in [5.74, 6) is 0.676. The number of hydrogen-bond acceptors (Lipinski definition) is 2. The van der Waals surface area contributed by atoms with Crippen molar-refractivity contribution in [1.29, 1.82) is 0 Å². The lowest BCUT2D eigenvalue weighted by Crippen LogP contribution is -2.23. The highest BCUT2D eigenvalue weighted by Gasteiger charge is 2.13. The first-order chi connectivity index (χ1) is 8.83. The Labute approximate surface area is 106 Å². The van der Waals surface area contributed by atoms with Crippen LogP contribution < -0.4 is 0 Å². The van der Waals surface area contributed by atoms with Crippen molar-refractivity contribution >= 4 is 11.0 Å². The van der Waals surface area contributed by atoms with Crippen molar-refractivity contribution in [1.82, 2.24) is 4.90 Å². The summed E-state index contributed by atoms with van der Waals surface area (Å²) in [5.41, 5.74) is 0.653. The van der Waals surface area contributed by atoms with Gasteiger partial charge < -0.3 is 4.42 Å². The number of rotatable bonds is 2. The van der Waals surface area contributed by atoms with Crippen LogP contribution >= 0.6 is 0 Å². The zero-order chi connectivity index (χ0) is 12.4. The molecule has 0 unspecified atom stereocenters. The minimum atomic E-state index is -0.196. The summed E-state index contributed by atoms with van der Waals surface area (Å²) in [5, 5.41) is 0.599. The van der Waals surface area contributed by atoms with Gasteiger partial charge in [-0.25, -0.2) is 4.39 Å². The molecule has 3 rings (SSSR count). The fourth-order valence-corrected chi connectivity index (χ4v) is 2.67. The van der Waals surface area contributed by atoms with E-state index in [1.165, 1.54) is 31.7 Å². The molecule has 0 aliphatic carbocycles. The van der Waals surface area contributed by atoms with Crippen molar-refractivity contribution < 1.29 is 8.81 Å². The van der Waals surface area contributed by atoms with E-state index in [4.69, 9.17) is 4.42 Å². The summed E-state index contributed by atoms with van der Waals surface area (Å²) in [4.78, 5) is 2.41. The Balaban J connectivity index is 1.79. The highest BCUT2D eigenvalue weighted by atomic mass is 19.1. The molecule has 2 nitrogen and oxygen atoms in total. The first kappa shape index (κ1) is 11.7. The smallest absolute Gasteiger partial charge is 0.137 e. The number of halogens is 1. The molecule has 0 N–H and O–H groups in total. The molecule has 0 atom stereocenters. The van der Waals surface area contributed by atoms with Gasteiger partial charge in [-0.05, 0) is 44.1 Å². The summed E-state index contributed by atoms with van der Waals surface area (Å²) < 4.78 is 19.3. The number of likely N-dealkylation sites (tertiary alicyclic amines) is 1. The van der Waals surface area contributed by atoms with E-state index in [1.54, 1.807) is 6.07 Å². The minimum Gasteiger partial charge on any atom is -0.460 e. The summed E-state index contributed by atoms with van der Waals surface area (Å²) in [6, 6.07) is 6.84. The highest BCUT2D eigenvalue weighted by molar-refractivity contribution is 5.78. The third-order valence-corrected chi connectivity index (χ3v) is 3.64. The maximum Gasteiger partial charge on any atom is 0.137 e. The molecule has 96 valence electrons. The lowest BCUT2D eigenvalue weighted by Gasteiger charge is -2.17. The average Bonchev–Trinajstić information content (AvgIpc) is 2.60. The predicted octanol–water partition coefficient (Wildman–Crippen LogP) is 3.95.